The van der Waals surface area contributed by atoms with Gasteiger partial charge in [-0.3, -0.25) is 24.1 Å². The second-order valence-electron chi connectivity index (χ2n) is 12.4. The molecule has 44 heavy (non-hydrogen) atoms. The zero-order valence-electron chi connectivity index (χ0n) is 24.8. The fourth-order valence-corrected chi connectivity index (χ4v) is 5.86. The number of hydrogen-bond acceptors (Lipinski definition) is 10. The highest BCUT2D eigenvalue weighted by molar-refractivity contribution is 6.08. The van der Waals surface area contributed by atoms with Crippen molar-refractivity contribution in [2.45, 2.75) is 57.9 Å². The van der Waals surface area contributed by atoms with E-state index in [9.17, 15) is 29.1 Å². The molecule has 1 aromatic heterocycles. The van der Waals surface area contributed by atoms with Crippen LogP contribution in [0.25, 0.3) is 0 Å². The minimum Gasteiger partial charge on any atom is -0.497 e. The second kappa shape index (κ2) is 10.5. The first-order valence-electron chi connectivity index (χ1n) is 14.2. The molecule has 4 aliphatic rings. The number of urea groups is 1. The fourth-order valence-electron chi connectivity index (χ4n) is 5.86. The maximum atomic E-state index is 14.2. The minimum atomic E-state index is -1.76. The predicted octanol–water partition coefficient (Wildman–Crippen LogP) is 0.985. The molecule has 14 heteroatoms. The van der Waals surface area contributed by atoms with E-state index < -0.39 is 47.8 Å². The van der Waals surface area contributed by atoms with Crippen molar-refractivity contribution in [1.29, 1.82) is 0 Å². The van der Waals surface area contributed by atoms with Gasteiger partial charge in [-0.1, -0.05) is 6.07 Å². The van der Waals surface area contributed by atoms with Gasteiger partial charge in [0, 0.05) is 18.5 Å². The standard InChI is InChI=1S/C30H33N5O9/c1-29(2,3)27(40)43-15-35-26(39)30(32-28(35)41,14-33-12-16-5-6-18(42-4)10-19(16)25(33)38)22-11-20-21(44-22)7-8-23(31-20)34-13-17(36)9-24(34)37/h5-8,10,17,22,36H,9,11-15H2,1-4H3,(H,32,41)/t17-,22?,30-/m0/s1. The highest BCUT2D eigenvalue weighted by atomic mass is 16.5. The first-order valence-corrected chi connectivity index (χ1v) is 14.2. The Bertz CT molecular complexity index is 1590. The normalized spacial score (nSPS) is 24.4. The molecule has 1 unspecified atom stereocenters. The molecule has 0 aliphatic carbocycles. The van der Waals surface area contributed by atoms with Crippen LogP contribution in [0.5, 0.6) is 11.5 Å². The third-order valence-corrected chi connectivity index (χ3v) is 8.27. The Kier molecular flexibility index (Phi) is 6.99. The highest BCUT2D eigenvalue weighted by Crippen LogP contribution is 2.39. The van der Waals surface area contributed by atoms with Gasteiger partial charge in [0.15, 0.2) is 12.3 Å². The van der Waals surface area contributed by atoms with E-state index in [1.54, 1.807) is 51.1 Å². The lowest BCUT2D eigenvalue weighted by Gasteiger charge is -2.35. The zero-order chi connectivity index (χ0) is 31.6. The summed E-state index contributed by atoms with van der Waals surface area (Å²) in [7, 11) is 1.50. The molecule has 2 aromatic rings. The number of nitrogens with one attached hydrogen (secondary N) is 1. The average Bonchev–Trinajstić information content (AvgIpc) is 3.70. The third kappa shape index (κ3) is 4.88. The summed E-state index contributed by atoms with van der Waals surface area (Å²) in [6.07, 6.45) is -1.73. The van der Waals surface area contributed by atoms with Gasteiger partial charge < -0.3 is 29.5 Å². The smallest absolute Gasteiger partial charge is 0.327 e. The number of aliphatic hydroxyl groups excluding tert-OH is 1. The third-order valence-electron chi connectivity index (χ3n) is 8.27. The number of aromatic nitrogens is 1. The van der Waals surface area contributed by atoms with Crippen molar-refractivity contribution < 1.29 is 43.3 Å². The van der Waals surface area contributed by atoms with Crippen LogP contribution in [0.2, 0.25) is 0 Å². The lowest BCUT2D eigenvalue weighted by molar-refractivity contribution is -0.159. The maximum Gasteiger partial charge on any atom is 0.327 e. The summed E-state index contributed by atoms with van der Waals surface area (Å²) in [5, 5.41) is 12.7. The van der Waals surface area contributed by atoms with Gasteiger partial charge >= 0.3 is 12.0 Å². The molecule has 5 amide bonds. The number of ether oxygens (including phenoxy) is 3. The molecule has 14 nitrogen and oxygen atoms in total. The van der Waals surface area contributed by atoms with Gasteiger partial charge in [-0.25, -0.2) is 14.7 Å². The maximum absolute atomic E-state index is 14.2. The molecule has 0 radical (unpaired) electrons. The van der Waals surface area contributed by atoms with Crippen molar-refractivity contribution in [2.75, 3.05) is 31.8 Å². The van der Waals surface area contributed by atoms with E-state index >= 15 is 0 Å². The summed E-state index contributed by atoms with van der Waals surface area (Å²) in [6, 6.07) is 7.55. The number of amides is 5. The number of esters is 1. The summed E-state index contributed by atoms with van der Waals surface area (Å²) in [6.45, 7) is 4.39. The first-order chi connectivity index (χ1) is 20.8. The zero-order valence-corrected chi connectivity index (χ0v) is 24.8. The topological polar surface area (TPSA) is 168 Å². The number of fused-ring (bicyclic) bond motifs is 2. The Hall–Kier alpha value is -4.72. The number of methoxy groups -OCH3 is 1. The molecular formula is C30H33N5O9. The SMILES string of the molecule is COc1ccc2c(c1)C(=O)N(C[C@@]1(C3Cc4nc(N5C[C@@H](O)CC5=O)ccc4O3)NC(=O)N(COC(=O)C(C)(C)C)C1=O)C2. The van der Waals surface area contributed by atoms with Crippen LogP contribution in [0.3, 0.4) is 0 Å². The first kappa shape index (κ1) is 29.4. The molecule has 5 heterocycles. The molecule has 0 bridgehead atoms. The van der Waals surface area contributed by atoms with Crippen LogP contribution in [-0.2, 0) is 32.1 Å². The molecule has 0 spiro atoms. The second-order valence-corrected chi connectivity index (χ2v) is 12.4. The van der Waals surface area contributed by atoms with Crippen molar-refractivity contribution >= 4 is 35.5 Å². The summed E-state index contributed by atoms with van der Waals surface area (Å²) in [5.74, 6) is -0.740. The molecule has 1 aromatic carbocycles. The number of pyridine rings is 1. The number of carbonyl (C=O) groups is 5. The molecular weight excluding hydrogens is 574 g/mol. The number of aliphatic hydroxyl groups is 1. The number of benzene rings is 1. The summed E-state index contributed by atoms with van der Waals surface area (Å²) in [5.41, 5.74) is -1.02. The van der Waals surface area contributed by atoms with E-state index in [1.807, 2.05) is 0 Å². The van der Waals surface area contributed by atoms with E-state index in [1.165, 1.54) is 16.9 Å². The Balaban J connectivity index is 1.30. The van der Waals surface area contributed by atoms with Gasteiger partial charge in [0.1, 0.15) is 23.4 Å². The fraction of sp³-hybridized carbons (Fsp3) is 0.467. The monoisotopic (exact) mass is 607 g/mol. The van der Waals surface area contributed by atoms with Gasteiger partial charge in [0.25, 0.3) is 11.8 Å². The largest absolute Gasteiger partial charge is 0.497 e. The molecule has 2 N–H and O–H groups in total. The molecule has 232 valence electrons. The molecule has 6 rings (SSSR count). The number of nitrogens with zero attached hydrogens (tertiary/aromatic N) is 4. The van der Waals surface area contributed by atoms with Crippen LogP contribution in [-0.4, -0.2) is 94.3 Å². The molecule has 3 atom stereocenters. The van der Waals surface area contributed by atoms with Gasteiger partial charge in [0.2, 0.25) is 5.91 Å². The predicted molar refractivity (Wildman–Crippen MR) is 152 cm³/mol. The van der Waals surface area contributed by atoms with E-state index in [0.717, 1.165) is 10.5 Å². The molecule has 0 saturated carbocycles. The van der Waals surface area contributed by atoms with E-state index in [-0.39, 0.29) is 44.3 Å². The minimum absolute atomic E-state index is 0.00468. The van der Waals surface area contributed by atoms with Crippen molar-refractivity contribution in [2.24, 2.45) is 5.41 Å². The summed E-state index contributed by atoms with van der Waals surface area (Å²) in [4.78, 5) is 74.0. The molecule has 2 saturated heterocycles. The van der Waals surface area contributed by atoms with Crippen LogP contribution >= 0.6 is 0 Å². The van der Waals surface area contributed by atoms with Gasteiger partial charge in [-0.15, -0.1) is 0 Å². The van der Waals surface area contributed by atoms with Crippen molar-refractivity contribution in [3.05, 3.63) is 47.2 Å². The van der Waals surface area contributed by atoms with Crippen LogP contribution in [0.4, 0.5) is 10.6 Å². The number of anilines is 1. The Labute approximate surface area is 252 Å². The van der Waals surface area contributed by atoms with Crippen molar-refractivity contribution in [3.63, 3.8) is 0 Å². The van der Waals surface area contributed by atoms with Gasteiger partial charge in [0.05, 0.1) is 43.8 Å². The molecule has 2 fully saturated rings. The number of rotatable bonds is 7. The molecule has 4 aliphatic heterocycles. The van der Waals surface area contributed by atoms with Crippen molar-refractivity contribution in [1.82, 2.24) is 20.1 Å². The highest BCUT2D eigenvalue weighted by Gasteiger charge is 2.60. The summed E-state index contributed by atoms with van der Waals surface area (Å²) < 4.78 is 16.8. The van der Waals surface area contributed by atoms with Crippen LogP contribution < -0.4 is 19.7 Å². The van der Waals surface area contributed by atoms with Crippen LogP contribution in [0.1, 0.15) is 48.8 Å². The van der Waals surface area contributed by atoms with E-state index in [2.05, 4.69) is 10.3 Å². The van der Waals surface area contributed by atoms with Gasteiger partial charge in [-0.2, -0.15) is 0 Å². The van der Waals surface area contributed by atoms with Crippen molar-refractivity contribution in [3.8, 4) is 11.5 Å². The quantitative estimate of drug-likeness (QED) is 0.342. The Morgan fingerprint density at radius 1 is 1.16 bits per heavy atom. The number of carbonyl (C=O) groups excluding carboxylic acids is 5. The van der Waals surface area contributed by atoms with Crippen LogP contribution in [0, 0.1) is 5.41 Å². The number of hydrogen-bond donors (Lipinski definition) is 2. The lowest BCUT2D eigenvalue weighted by atomic mass is 9.89. The number of imide groups is 1. The van der Waals surface area contributed by atoms with E-state index in [4.69, 9.17) is 14.2 Å². The van der Waals surface area contributed by atoms with Gasteiger partial charge in [-0.05, 0) is 50.6 Å². The number of β-amino-alcohol motifs (C(OH)–C–C–N with tert-alkyl or cyclic N) is 1. The summed E-state index contributed by atoms with van der Waals surface area (Å²) >= 11 is 0. The Morgan fingerprint density at radius 3 is 2.61 bits per heavy atom. The van der Waals surface area contributed by atoms with Crippen LogP contribution in [0.15, 0.2) is 30.3 Å². The van der Waals surface area contributed by atoms with E-state index in [0.29, 0.717) is 28.6 Å². The average molecular weight is 608 g/mol. The lowest BCUT2D eigenvalue weighted by Crippen LogP contribution is -2.64. The Morgan fingerprint density at radius 2 is 1.93 bits per heavy atom.